The minimum atomic E-state index is -0.459. The Hall–Kier alpha value is -3.77. The molecule has 1 heterocycles. The summed E-state index contributed by atoms with van der Waals surface area (Å²) in [5.41, 5.74) is 7.99. The third-order valence-electron chi connectivity index (χ3n) is 4.78. The van der Waals surface area contributed by atoms with Crippen LogP contribution >= 0.6 is 11.6 Å². The van der Waals surface area contributed by atoms with Gasteiger partial charge in [-0.15, -0.1) is 0 Å². The van der Waals surface area contributed by atoms with Crippen LogP contribution in [0.2, 0.25) is 5.02 Å². The average molecular weight is 434 g/mol. The van der Waals surface area contributed by atoms with Crippen LogP contribution < -0.4 is 15.6 Å². The zero-order valence-corrected chi connectivity index (χ0v) is 17.3. The predicted molar refractivity (Wildman–Crippen MR) is 120 cm³/mol. The lowest BCUT2D eigenvalue weighted by Gasteiger charge is -2.12. The number of hydrogen-bond donors (Lipinski definition) is 3. The number of carbonyl (C=O) groups excluding carboxylic acids is 2. The van der Waals surface area contributed by atoms with Crippen molar-refractivity contribution in [2.75, 3.05) is 0 Å². The molecule has 3 N–H and O–H groups in total. The Kier molecular flexibility index (Phi) is 6.19. The van der Waals surface area contributed by atoms with E-state index in [4.69, 9.17) is 16.3 Å². The summed E-state index contributed by atoms with van der Waals surface area (Å²) < 4.78 is 5.80. The second kappa shape index (κ2) is 9.36. The molecule has 0 atom stereocenters. The second-order valence-corrected chi connectivity index (χ2v) is 7.39. The molecule has 0 radical (unpaired) electrons. The Balaban J connectivity index is 1.36. The third kappa shape index (κ3) is 5.05. The van der Waals surface area contributed by atoms with Crippen molar-refractivity contribution in [3.63, 3.8) is 0 Å². The molecule has 0 aliphatic heterocycles. The monoisotopic (exact) mass is 433 g/mol. The van der Waals surface area contributed by atoms with E-state index in [1.807, 2.05) is 36.4 Å². The highest BCUT2D eigenvalue weighted by Gasteiger charge is 2.14. The van der Waals surface area contributed by atoms with Gasteiger partial charge in [0.2, 0.25) is 5.91 Å². The number of nitrogens with one attached hydrogen (secondary N) is 3. The summed E-state index contributed by atoms with van der Waals surface area (Å²) in [6.07, 6.45) is 1.94. The lowest BCUT2D eigenvalue weighted by atomic mass is 10.1. The molecule has 0 saturated heterocycles. The number of amides is 2. The number of halogens is 1. The second-order valence-electron chi connectivity index (χ2n) is 6.95. The highest BCUT2D eigenvalue weighted by atomic mass is 35.5. The molecule has 1 aromatic heterocycles. The van der Waals surface area contributed by atoms with Gasteiger partial charge < -0.3 is 9.72 Å². The van der Waals surface area contributed by atoms with Crippen LogP contribution in [0.4, 0.5) is 0 Å². The van der Waals surface area contributed by atoms with Crippen molar-refractivity contribution in [1.29, 1.82) is 0 Å². The standard InChI is InChI=1S/C24H20ClN3O3/c25-18-11-9-16(10-12-18)15-31-22-8-4-2-6-20(22)24(30)28-27-23(29)13-17-14-26-21-7-3-1-5-19(17)21/h1-12,14,26H,13,15H2,(H,27,29)(H,28,30). The third-order valence-corrected chi connectivity index (χ3v) is 5.03. The number of benzene rings is 3. The number of fused-ring (bicyclic) bond motifs is 1. The van der Waals surface area contributed by atoms with E-state index in [1.54, 1.807) is 42.6 Å². The lowest BCUT2D eigenvalue weighted by molar-refractivity contribution is -0.121. The van der Waals surface area contributed by atoms with E-state index in [-0.39, 0.29) is 18.9 Å². The summed E-state index contributed by atoms with van der Waals surface area (Å²) in [5.74, 6) is -0.363. The Morgan fingerprint density at radius 1 is 0.903 bits per heavy atom. The summed E-state index contributed by atoms with van der Waals surface area (Å²) in [7, 11) is 0. The first-order chi connectivity index (χ1) is 15.1. The van der Waals surface area contributed by atoms with Gasteiger partial charge in [0.05, 0.1) is 12.0 Å². The smallest absolute Gasteiger partial charge is 0.273 e. The molecule has 0 spiro atoms. The minimum absolute atomic E-state index is 0.138. The maximum atomic E-state index is 12.6. The number of para-hydroxylation sites is 2. The lowest BCUT2D eigenvalue weighted by Crippen LogP contribution is -2.42. The SMILES string of the molecule is O=C(Cc1c[nH]c2ccccc12)NNC(=O)c1ccccc1OCc1ccc(Cl)cc1. The molecule has 4 aromatic rings. The molecule has 0 saturated carbocycles. The van der Waals surface area contributed by atoms with Gasteiger partial charge in [0.1, 0.15) is 12.4 Å². The topological polar surface area (TPSA) is 83.2 Å². The van der Waals surface area contributed by atoms with Crippen LogP contribution in [-0.4, -0.2) is 16.8 Å². The Bertz CT molecular complexity index is 1220. The van der Waals surface area contributed by atoms with E-state index in [2.05, 4.69) is 15.8 Å². The van der Waals surface area contributed by atoms with Crippen molar-refractivity contribution in [3.8, 4) is 5.75 Å². The normalized spacial score (nSPS) is 10.6. The van der Waals surface area contributed by atoms with E-state index in [0.717, 1.165) is 22.0 Å². The van der Waals surface area contributed by atoms with Gasteiger partial charge in [0.25, 0.3) is 5.91 Å². The van der Waals surface area contributed by atoms with Crippen molar-refractivity contribution in [2.45, 2.75) is 13.0 Å². The number of rotatable bonds is 6. The number of aromatic nitrogens is 1. The van der Waals surface area contributed by atoms with Crippen LogP contribution in [0.1, 0.15) is 21.5 Å². The average Bonchev–Trinajstić information content (AvgIpc) is 3.20. The highest BCUT2D eigenvalue weighted by Crippen LogP contribution is 2.20. The Labute approximate surface area is 184 Å². The van der Waals surface area contributed by atoms with E-state index < -0.39 is 5.91 Å². The van der Waals surface area contributed by atoms with E-state index in [0.29, 0.717) is 16.3 Å². The number of ether oxygens (including phenoxy) is 1. The van der Waals surface area contributed by atoms with Crippen LogP contribution in [0.3, 0.4) is 0 Å². The molecule has 4 rings (SSSR count). The van der Waals surface area contributed by atoms with Gasteiger partial charge in [-0.3, -0.25) is 20.4 Å². The first-order valence-electron chi connectivity index (χ1n) is 9.70. The number of carbonyl (C=O) groups is 2. The van der Waals surface area contributed by atoms with Gasteiger partial charge >= 0.3 is 0 Å². The summed E-state index contributed by atoms with van der Waals surface area (Å²) in [6, 6.07) is 21.9. The maximum Gasteiger partial charge on any atom is 0.273 e. The molecule has 0 unspecified atom stereocenters. The molecule has 156 valence electrons. The van der Waals surface area contributed by atoms with Crippen molar-refractivity contribution >= 4 is 34.3 Å². The van der Waals surface area contributed by atoms with Crippen LogP contribution in [0.5, 0.6) is 5.75 Å². The fourth-order valence-electron chi connectivity index (χ4n) is 3.21. The van der Waals surface area contributed by atoms with Crippen molar-refractivity contribution in [1.82, 2.24) is 15.8 Å². The van der Waals surface area contributed by atoms with Gasteiger partial charge in [-0.25, -0.2) is 0 Å². The molecule has 6 nitrogen and oxygen atoms in total. The largest absolute Gasteiger partial charge is 0.488 e. The molecule has 0 bridgehead atoms. The number of hydrogen-bond acceptors (Lipinski definition) is 3. The summed E-state index contributed by atoms with van der Waals surface area (Å²) in [6.45, 7) is 0.286. The van der Waals surface area contributed by atoms with Gasteiger partial charge in [0, 0.05) is 22.1 Å². The number of aromatic amines is 1. The molecule has 2 amide bonds. The van der Waals surface area contributed by atoms with Gasteiger partial charge in [-0.05, 0) is 41.5 Å². The fraction of sp³-hybridized carbons (Fsp3) is 0.0833. The van der Waals surface area contributed by atoms with Crippen LogP contribution in [-0.2, 0) is 17.8 Å². The first kappa shape index (κ1) is 20.5. The molecule has 7 heteroatoms. The summed E-state index contributed by atoms with van der Waals surface area (Å²) >= 11 is 5.90. The molecular weight excluding hydrogens is 414 g/mol. The molecule has 3 aromatic carbocycles. The van der Waals surface area contributed by atoms with E-state index >= 15 is 0 Å². The number of hydrazine groups is 1. The highest BCUT2D eigenvalue weighted by molar-refractivity contribution is 6.30. The van der Waals surface area contributed by atoms with Crippen LogP contribution in [0.25, 0.3) is 10.9 Å². The zero-order chi connectivity index (χ0) is 21.6. The predicted octanol–water partition coefficient (Wildman–Crippen LogP) is 4.40. The number of H-pyrrole nitrogens is 1. The zero-order valence-electron chi connectivity index (χ0n) is 16.5. The van der Waals surface area contributed by atoms with Gasteiger partial charge in [-0.1, -0.05) is 54.1 Å². The Morgan fingerprint density at radius 2 is 1.65 bits per heavy atom. The first-order valence-corrected chi connectivity index (χ1v) is 10.1. The molecule has 31 heavy (non-hydrogen) atoms. The Morgan fingerprint density at radius 3 is 2.48 bits per heavy atom. The molecule has 0 aliphatic rings. The fourth-order valence-corrected chi connectivity index (χ4v) is 3.34. The van der Waals surface area contributed by atoms with Crippen molar-refractivity contribution in [2.24, 2.45) is 0 Å². The minimum Gasteiger partial charge on any atom is -0.488 e. The van der Waals surface area contributed by atoms with Gasteiger partial charge in [-0.2, -0.15) is 0 Å². The maximum absolute atomic E-state index is 12.6. The van der Waals surface area contributed by atoms with Crippen LogP contribution in [0, 0.1) is 0 Å². The van der Waals surface area contributed by atoms with E-state index in [9.17, 15) is 9.59 Å². The van der Waals surface area contributed by atoms with Crippen molar-refractivity contribution in [3.05, 3.63) is 101 Å². The van der Waals surface area contributed by atoms with Crippen LogP contribution in [0.15, 0.2) is 79.0 Å². The summed E-state index contributed by atoms with van der Waals surface area (Å²) in [5, 5.41) is 1.62. The quantitative estimate of drug-likeness (QED) is 0.394. The molecular formula is C24H20ClN3O3. The molecule has 0 fully saturated rings. The summed E-state index contributed by atoms with van der Waals surface area (Å²) in [4.78, 5) is 28.1. The van der Waals surface area contributed by atoms with E-state index in [1.165, 1.54) is 0 Å². The van der Waals surface area contributed by atoms with Gasteiger partial charge in [0.15, 0.2) is 0 Å². The molecule has 0 aliphatic carbocycles. The van der Waals surface area contributed by atoms with Crippen molar-refractivity contribution < 1.29 is 14.3 Å².